The molecule has 0 saturated heterocycles. The highest BCUT2D eigenvalue weighted by Crippen LogP contribution is 2.37. The standard InChI is InChI=1S/C18H15ClO2/c1-4-5-14-10-15(20)17(18(14)21)16-11(2)8-13(6-7-19)9-12(16)3/h1,8-9,14,17H,5,10H2,2-3H3. The fourth-order valence-corrected chi connectivity index (χ4v) is 3.14. The second-order valence-electron chi connectivity index (χ2n) is 5.35. The first-order valence-corrected chi connectivity index (χ1v) is 7.10. The van der Waals surface area contributed by atoms with Gasteiger partial charge in [-0.1, -0.05) is 0 Å². The molecule has 2 unspecified atom stereocenters. The zero-order valence-electron chi connectivity index (χ0n) is 12.0. The van der Waals surface area contributed by atoms with Gasteiger partial charge >= 0.3 is 0 Å². The van der Waals surface area contributed by atoms with Crippen LogP contribution < -0.4 is 0 Å². The minimum Gasteiger partial charge on any atom is -0.298 e. The molecule has 3 heteroatoms. The average molecular weight is 299 g/mol. The molecule has 0 aromatic heterocycles. The maximum Gasteiger partial charge on any atom is 0.152 e. The number of rotatable bonds is 2. The number of hydrogen-bond acceptors (Lipinski definition) is 2. The van der Waals surface area contributed by atoms with Crippen LogP contribution in [0.2, 0.25) is 0 Å². The lowest BCUT2D eigenvalue weighted by Crippen LogP contribution is -2.17. The van der Waals surface area contributed by atoms with Crippen LogP contribution in [0.25, 0.3) is 0 Å². The van der Waals surface area contributed by atoms with Gasteiger partial charge in [0, 0.05) is 29.7 Å². The van der Waals surface area contributed by atoms with E-state index >= 15 is 0 Å². The lowest BCUT2D eigenvalue weighted by atomic mass is 9.86. The monoisotopic (exact) mass is 298 g/mol. The lowest BCUT2D eigenvalue weighted by molar-refractivity contribution is -0.124. The molecular weight excluding hydrogens is 284 g/mol. The van der Waals surface area contributed by atoms with E-state index in [2.05, 4.69) is 17.2 Å². The Morgan fingerprint density at radius 1 is 1.29 bits per heavy atom. The summed E-state index contributed by atoms with van der Waals surface area (Å²) in [6.45, 7) is 3.77. The summed E-state index contributed by atoms with van der Waals surface area (Å²) < 4.78 is 0. The van der Waals surface area contributed by atoms with Crippen LogP contribution in [0.3, 0.4) is 0 Å². The van der Waals surface area contributed by atoms with Crippen LogP contribution in [0.4, 0.5) is 0 Å². The van der Waals surface area contributed by atoms with Gasteiger partial charge in [0.25, 0.3) is 0 Å². The van der Waals surface area contributed by atoms with Crippen LogP contribution in [0, 0.1) is 43.4 Å². The molecule has 0 radical (unpaired) electrons. The molecule has 0 amide bonds. The molecule has 0 spiro atoms. The van der Waals surface area contributed by atoms with Gasteiger partial charge in [0.1, 0.15) is 11.7 Å². The Bertz CT molecular complexity index is 690. The first-order valence-electron chi connectivity index (χ1n) is 6.72. The number of halogens is 1. The van der Waals surface area contributed by atoms with Gasteiger partial charge in [-0.25, -0.2) is 0 Å². The Morgan fingerprint density at radius 2 is 1.90 bits per heavy atom. The lowest BCUT2D eigenvalue weighted by Gasteiger charge is -2.15. The maximum atomic E-state index is 12.5. The Hall–Kier alpha value is -2.03. The molecule has 21 heavy (non-hydrogen) atoms. The van der Waals surface area contributed by atoms with Crippen molar-refractivity contribution in [1.82, 2.24) is 0 Å². The van der Waals surface area contributed by atoms with Crippen molar-refractivity contribution in [3.05, 3.63) is 34.4 Å². The van der Waals surface area contributed by atoms with Crippen LogP contribution in [-0.2, 0) is 9.59 Å². The van der Waals surface area contributed by atoms with Crippen molar-refractivity contribution in [3.63, 3.8) is 0 Å². The third kappa shape index (κ3) is 2.87. The Morgan fingerprint density at radius 3 is 2.43 bits per heavy atom. The summed E-state index contributed by atoms with van der Waals surface area (Å²) in [5.74, 6) is 4.15. The van der Waals surface area contributed by atoms with Crippen LogP contribution in [0.1, 0.15) is 41.0 Å². The molecule has 0 N–H and O–H groups in total. The number of benzene rings is 1. The number of carbonyl (C=O) groups is 2. The quantitative estimate of drug-likeness (QED) is 0.621. The zero-order chi connectivity index (χ0) is 15.6. The minimum atomic E-state index is -0.679. The van der Waals surface area contributed by atoms with E-state index in [0.29, 0.717) is 6.42 Å². The summed E-state index contributed by atoms with van der Waals surface area (Å²) in [6, 6.07) is 3.71. The number of hydrogen-bond donors (Lipinski definition) is 0. The highest BCUT2D eigenvalue weighted by Gasteiger charge is 2.42. The van der Waals surface area contributed by atoms with E-state index in [9.17, 15) is 9.59 Å². The first-order chi connectivity index (χ1) is 9.99. The van der Waals surface area contributed by atoms with Crippen LogP contribution in [-0.4, -0.2) is 11.6 Å². The van der Waals surface area contributed by atoms with Crippen molar-refractivity contribution in [3.8, 4) is 23.6 Å². The summed E-state index contributed by atoms with van der Waals surface area (Å²) in [4.78, 5) is 24.7. The molecule has 1 aromatic rings. The SMILES string of the molecule is C#CCC1CC(=O)C(c2c(C)cc(C#CCl)cc2C)C1=O. The van der Waals surface area contributed by atoms with E-state index < -0.39 is 5.92 Å². The number of Topliss-reactive ketones (excluding diaryl/α,β-unsaturated/α-hetero) is 2. The van der Waals surface area contributed by atoms with Gasteiger partial charge in [-0.15, -0.1) is 12.3 Å². The van der Waals surface area contributed by atoms with Gasteiger partial charge in [0.2, 0.25) is 0 Å². The van der Waals surface area contributed by atoms with Crippen molar-refractivity contribution >= 4 is 23.2 Å². The number of ketones is 2. The van der Waals surface area contributed by atoms with Gasteiger partial charge in [-0.05, 0) is 60.2 Å². The first kappa shape index (κ1) is 15.4. The second kappa shape index (κ2) is 6.17. The van der Waals surface area contributed by atoms with Gasteiger partial charge in [-0.3, -0.25) is 9.59 Å². The summed E-state index contributed by atoms with van der Waals surface area (Å²) in [7, 11) is 0. The summed E-state index contributed by atoms with van der Waals surface area (Å²) in [6.07, 6.45) is 5.85. The largest absolute Gasteiger partial charge is 0.298 e. The van der Waals surface area contributed by atoms with Crippen molar-refractivity contribution in [2.75, 3.05) is 0 Å². The molecular formula is C18H15ClO2. The van der Waals surface area contributed by atoms with Crippen LogP contribution >= 0.6 is 11.6 Å². The minimum absolute atomic E-state index is 0.0392. The molecule has 1 fully saturated rings. The van der Waals surface area contributed by atoms with Gasteiger partial charge in [0.05, 0.1) is 0 Å². The highest BCUT2D eigenvalue weighted by atomic mass is 35.5. The highest BCUT2D eigenvalue weighted by molar-refractivity contribution is 6.30. The van der Waals surface area contributed by atoms with Gasteiger partial charge < -0.3 is 0 Å². The third-order valence-electron chi connectivity index (χ3n) is 3.89. The predicted molar refractivity (Wildman–Crippen MR) is 83.0 cm³/mol. The Kier molecular flexibility index (Phi) is 4.51. The summed E-state index contributed by atoms with van der Waals surface area (Å²) >= 11 is 5.42. The molecule has 1 aliphatic carbocycles. The third-order valence-corrected chi connectivity index (χ3v) is 3.99. The molecule has 1 aromatic carbocycles. The number of carbonyl (C=O) groups excluding carboxylic acids is 2. The maximum absolute atomic E-state index is 12.5. The van der Waals surface area contributed by atoms with Crippen molar-refractivity contribution in [2.24, 2.45) is 5.92 Å². The molecule has 0 bridgehead atoms. The van der Waals surface area contributed by atoms with E-state index in [0.717, 1.165) is 22.3 Å². The molecule has 0 aliphatic heterocycles. The van der Waals surface area contributed by atoms with Crippen molar-refractivity contribution in [1.29, 1.82) is 0 Å². The molecule has 106 valence electrons. The fraction of sp³-hybridized carbons (Fsp3) is 0.333. The molecule has 2 rings (SSSR count). The molecule has 2 atom stereocenters. The molecule has 0 heterocycles. The fourth-order valence-electron chi connectivity index (χ4n) is 3.03. The van der Waals surface area contributed by atoms with Crippen LogP contribution in [0.15, 0.2) is 12.1 Å². The van der Waals surface area contributed by atoms with E-state index in [4.69, 9.17) is 18.0 Å². The summed E-state index contributed by atoms with van der Waals surface area (Å²) in [5, 5.41) is 2.33. The Labute approximate surface area is 129 Å². The van der Waals surface area contributed by atoms with E-state index in [1.165, 1.54) is 0 Å². The van der Waals surface area contributed by atoms with E-state index in [1.807, 2.05) is 26.0 Å². The smallest absolute Gasteiger partial charge is 0.152 e. The molecule has 1 saturated carbocycles. The van der Waals surface area contributed by atoms with E-state index in [1.54, 1.807) is 0 Å². The van der Waals surface area contributed by atoms with E-state index in [-0.39, 0.29) is 23.9 Å². The van der Waals surface area contributed by atoms with Crippen molar-refractivity contribution in [2.45, 2.75) is 32.6 Å². The zero-order valence-corrected chi connectivity index (χ0v) is 12.8. The second-order valence-corrected chi connectivity index (χ2v) is 5.54. The molecule has 2 nitrogen and oxygen atoms in total. The average Bonchev–Trinajstić information content (AvgIpc) is 2.67. The van der Waals surface area contributed by atoms with Gasteiger partial charge in [0.15, 0.2) is 5.78 Å². The predicted octanol–water partition coefficient (Wildman–Crippen LogP) is 3.12. The number of terminal acetylenes is 1. The topological polar surface area (TPSA) is 34.1 Å². The van der Waals surface area contributed by atoms with Crippen LogP contribution in [0.5, 0.6) is 0 Å². The van der Waals surface area contributed by atoms with Crippen molar-refractivity contribution < 1.29 is 9.59 Å². The Balaban J connectivity index is 2.47. The van der Waals surface area contributed by atoms with Gasteiger partial charge in [-0.2, -0.15) is 0 Å². The normalized spacial score (nSPS) is 20.9. The number of aryl methyl sites for hydroxylation is 2. The summed E-state index contributed by atoms with van der Waals surface area (Å²) in [5.41, 5.74) is 3.35. The molecule has 1 aliphatic rings.